The van der Waals surface area contributed by atoms with Crippen LogP contribution in [0.5, 0.6) is 0 Å². The molecule has 0 aromatic heterocycles. The summed E-state index contributed by atoms with van der Waals surface area (Å²) in [6.45, 7) is 9.00. The van der Waals surface area contributed by atoms with Crippen molar-refractivity contribution in [1.82, 2.24) is 9.80 Å². The first-order valence-electron chi connectivity index (χ1n) is 7.11. The van der Waals surface area contributed by atoms with E-state index < -0.39 is 0 Å². The van der Waals surface area contributed by atoms with Gasteiger partial charge in [0.2, 0.25) is 5.91 Å². The van der Waals surface area contributed by atoms with E-state index in [-0.39, 0.29) is 5.41 Å². The predicted molar refractivity (Wildman–Crippen MR) is 75.4 cm³/mol. The second-order valence-corrected chi connectivity index (χ2v) is 6.24. The lowest BCUT2D eigenvalue weighted by Gasteiger charge is -2.26. The molecule has 0 unspecified atom stereocenters. The largest absolute Gasteiger partial charge is 0.341 e. The summed E-state index contributed by atoms with van der Waals surface area (Å²) >= 11 is 0. The molecule has 1 saturated heterocycles. The Morgan fingerprint density at radius 3 is 2.56 bits per heavy atom. The SMILES string of the molecule is CN1CCCN(C(=O)CCC(C)(C)CCN)CC1. The van der Waals surface area contributed by atoms with Crippen LogP contribution in [-0.2, 0) is 4.79 Å². The number of nitrogens with two attached hydrogens (primary N) is 1. The van der Waals surface area contributed by atoms with Crippen molar-refractivity contribution in [3.8, 4) is 0 Å². The molecule has 4 nitrogen and oxygen atoms in total. The Morgan fingerprint density at radius 1 is 1.17 bits per heavy atom. The molecule has 1 fully saturated rings. The lowest BCUT2D eigenvalue weighted by molar-refractivity contribution is -0.131. The van der Waals surface area contributed by atoms with Crippen LogP contribution in [0.15, 0.2) is 0 Å². The summed E-state index contributed by atoms with van der Waals surface area (Å²) in [6.07, 6.45) is 3.68. The highest BCUT2D eigenvalue weighted by molar-refractivity contribution is 5.76. The summed E-state index contributed by atoms with van der Waals surface area (Å²) in [4.78, 5) is 16.5. The Morgan fingerprint density at radius 2 is 1.89 bits per heavy atom. The van der Waals surface area contributed by atoms with Crippen LogP contribution in [0.1, 0.15) is 39.5 Å². The van der Waals surface area contributed by atoms with E-state index >= 15 is 0 Å². The first-order chi connectivity index (χ1) is 8.44. The standard InChI is InChI=1S/C14H29N3O/c1-14(2,7-8-15)6-5-13(18)17-10-4-9-16(3)11-12-17/h4-12,15H2,1-3H3. The van der Waals surface area contributed by atoms with Crippen LogP contribution in [0.4, 0.5) is 0 Å². The summed E-state index contributed by atoms with van der Waals surface area (Å²) in [5.41, 5.74) is 5.79. The predicted octanol–water partition coefficient (Wildman–Crippen LogP) is 1.31. The van der Waals surface area contributed by atoms with Crippen molar-refractivity contribution >= 4 is 5.91 Å². The van der Waals surface area contributed by atoms with Gasteiger partial charge in [0.25, 0.3) is 0 Å². The Bertz CT molecular complexity index is 266. The van der Waals surface area contributed by atoms with Crippen molar-refractivity contribution in [2.75, 3.05) is 39.8 Å². The third kappa shape index (κ3) is 5.36. The van der Waals surface area contributed by atoms with Crippen molar-refractivity contribution in [3.63, 3.8) is 0 Å². The number of carbonyl (C=O) groups is 1. The van der Waals surface area contributed by atoms with Gasteiger partial charge < -0.3 is 15.5 Å². The Kier molecular flexibility index (Phi) is 6.09. The van der Waals surface area contributed by atoms with Gasteiger partial charge in [0.15, 0.2) is 0 Å². The molecule has 1 heterocycles. The summed E-state index contributed by atoms with van der Waals surface area (Å²) in [7, 11) is 2.12. The van der Waals surface area contributed by atoms with Crippen molar-refractivity contribution < 1.29 is 4.79 Å². The molecule has 106 valence electrons. The average Bonchev–Trinajstić information content (AvgIpc) is 2.51. The topological polar surface area (TPSA) is 49.6 Å². The summed E-state index contributed by atoms with van der Waals surface area (Å²) < 4.78 is 0. The fraction of sp³-hybridized carbons (Fsp3) is 0.929. The van der Waals surface area contributed by atoms with Gasteiger partial charge in [-0.3, -0.25) is 4.79 Å². The summed E-state index contributed by atoms with van der Waals surface area (Å²) in [6, 6.07) is 0. The average molecular weight is 255 g/mol. The van der Waals surface area contributed by atoms with E-state index in [0.29, 0.717) is 18.9 Å². The van der Waals surface area contributed by atoms with Crippen LogP contribution in [0.2, 0.25) is 0 Å². The molecule has 0 radical (unpaired) electrons. The van der Waals surface area contributed by atoms with Crippen LogP contribution >= 0.6 is 0 Å². The maximum absolute atomic E-state index is 12.2. The molecule has 0 bridgehead atoms. The molecule has 0 spiro atoms. The number of hydrogen-bond donors (Lipinski definition) is 1. The van der Waals surface area contributed by atoms with Crippen molar-refractivity contribution in [3.05, 3.63) is 0 Å². The molecular weight excluding hydrogens is 226 g/mol. The molecule has 1 aliphatic rings. The monoisotopic (exact) mass is 255 g/mol. The highest BCUT2D eigenvalue weighted by Gasteiger charge is 2.22. The van der Waals surface area contributed by atoms with Gasteiger partial charge in [-0.05, 0) is 44.8 Å². The molecule has 0 aromatic rings. The maximum atomic E-state index is 12.2. The number of rotatable bonds is 5. The minimum atomic E-state index is 0.188. The summed E-state index contributed by atoms with van der Waals surface area (Å²) in [5.74, 6) is 0.315. The second-order valence-electron chi connectivity index (χ2n) is 6.24. The van der Waals surface area contributed by atoms with Gasteiger partial charge in [-0.1, -0.05) is 13.8 Å². The van der Waals surface area contributed by atoms with Crippen LogP contribution in [0.25, 0.3) is 0 Å². The van der Waals surface area contributed by atoms with Gasteiger partial charge in [-0.2, -0.15) is 0 Å². The third-order valence-electron chi connectivity index (χ3n) is 3.91. The molecule has 0 aliphatic carbocycles. The maximum Gasteiger partial charge on any atom is 0.222 e. The molecule has 1 aliphatic heterocycles. The number of carbonyl (C=O) groups excluding carboxylic acids is 1. The minimum Gasteiger partial charge on any atom is -0.341 e. The van der Waals surface area contributed by atoms with Gasteiger partial charge in [0.05, 0.1) is 0 Å². The molecule has 1 amide bonds. The van der Waals surface area contributed by atoms with Gasteiger partial charge in [-0.25, -0.2) is 0 Å². The van der Waals surface area contributed by atoms with Gasteiger partial charge in [-0.15, -0.1) is 0 Å². The van der Waals surface area contributed by atoms with Gasteiger partial charge in [0, 0.05) is 26.1 Å². The molecule has 18 heavy (non-hydrogen) atoms. The van der Waals surface area contributed by atoms with Crippen molar-refractivity contribution in [2.24, 2.45) is 11.1 Å². The van der Waals surface area contributed by atoms with E-state index in [9.17, 15) is 4.79 Å². The minimum absolute atomic E-state index is 0.188. The molecular formula is C14H29N3O. The van der Waals surface area contributed by atoms with E-state index in [2.05, 4.69) is 25.8 Å². The molecule has 0 atom stereocenters. The van der Waals surface area contributed by atoms with E-state index in [0.717, 1.165) is 45.4 Å². The van der Waals surface area contributed by atoms with Crippen LogP contribution in [-0.4, -0.2) is 55.5 Å². The summed E-state index contributed by atoms with van der Waals surface area (Å²) in [5, 5.41) is 0. The zero-order chi connectivity index (χ0) is 13.6. The zero-order valence-electron chi connectivity index (χ0n) is 12.2. The molecule has 4 heteroatoms. The highest BCUT2D eigenvalue weighted by Crippen LogP contribution is 2.26. The van der Waals surface area contributed by atoms with Crippen LogP contribution in [0.3, 0.4) is 0 Å². The molecule has 0 saturated carbocycles. The van der Waals surface area contributed by atoms with E-state index in [1.54, 1.807) is 0 Å². The number of likely N-dealkylation sites (N-methyl/N-ethyl adjacent to an activating group) is 1. The quantitative estimate of drug-likeness (QED) is 0.806. The van der Waals surface area contributed by atoms with Gasteiger partial charge >= 0.3 is 0 Å². The highest BCUT2D eigenvalue weighted by atomic mass is 16.2. The van der Waals surface area contributed by atoms with E-state index in [1.165, 1.54) is 0 Å². The van der Waals surface area contributed by atoms with Gasteiger partial charge in [0.1, 0.15) is 0 Å². The smallest absolute Gasteiger partial charge is 0.222 e. The van der Waals surface area contributed by atoms with Crippen molar-refractivity contribution in [1.29, 1.82) is 0 Å². The van der Waals surface area contributed by atoms with E-state index in [4.69, 9.17) is 5.73 Å². The second kappa shape index (κ2) is 7.10. The fourth-order valence-electron chi connectivity index (χ4n) is 2.42. The Hall–Kier alpha value is -0.610. The third-order valence-corrected chi connectivity index (χ3v) is 3.91. The van der Waals surface area contributed by atoms with Crippen LogP contribution < -0.4 is 5.73 Å². The fourth-order valence-corrected chi connectivity index (χ4v) is 2.42. The first kappa shape index (κ1) is 15.4. The van der Waals surface area contributed by atoms with Crippen LogP contribution in [0, 0.1) is 5.41 Å². The van der Waals surface area contributed by atoms with E-state index in [1.807, 2.05) is 4.90 Å². The number of hydrogen-bond acceptors (Lipinski definition) is 3. The number of amides is 1. The molecule has 0 aromatic carbocycles. The normalized spacial score (nSPS) is 18.8. The van der Waals surface area contributed by atoms with Crippen molar-refractivity contribution in [2.45, 2.75) is 39.5 Å². The lowest BCUT2D eigenvalue weighted by Crippen LogP contribution is -2.35. The molecule has 2 N–H and O–H groups in total. The first-order valence-corrected chi connectivity index (χ1v) is 7.11. The zero-order valence-corrected chi connectivity index (χ0v) is 12.2. The number of nitrogens with zero attached hydrogens (tertiary/aromatic N) is 2. The lowest BCUT2D eigenvalue weighted by atomic mass is 9.84. The Balaban J connectivity index is 2.36. The molecule has 1 rings (SSSR count). The Labute approximate surface area is 111 Å².